The lowest BCUT2D eigenvalue weighted by atomic mass is 10.3. The third kappa shape index (κ3) is 3.52. The molecule has 2 aromatic rings. The van der Waals surface area contributed by atoms with E-state index in [0.29, 0.717) is 6.54 Å². The molecule has 1 aromatic heterocycles. The monoisotopic (exact) mass is 297 g/mol. The molecule has 1 N–H and O–H groups in total. The van der Waals surface area contributed by atoms with Crippen LogP contribution in [0.1, 0.15) is 6.42 Å². The summed E-state index contributed by atoms with van der Waals surface area (Å²) in [4.78, 5) is 24.8. The Bertz CT molecular complexity index is 604. The normalized spacial score (nSPS) is 15.3. The fraction of sp³-hybridized carbons (Fsp3) is 0.312. The fourth-order valence-electron chi connectivity index (χ4n) is 2.50. The van der Waals surface area contributed by atoms with Crippen LogP contribution in [0.25, 0.3) is 0 Å². The van der Waals surface area contributed by atoms with Crippen LogP contribution in [-0.4, -0.2) is 47.1 Å². The van der Waals surface area contributed by atoms with Gasteiger partial charge in [0.25, 0.3) is 0 Å². The van der Waals surface area contributed by atoms with Gasteiger partial charge in [-0.1, -0.05) is 18.2 Å². The minimum absolute atomic E-state index is 0.0537. The minimum Gasteiger partial charge on any atom is -0.339 e. The summed E-state index contributed by atoms with van der Waals surface area (Å²) < 4.78 is 0. The molecule has 3 rings (SSSR count). The molecule has 114 valence electrons. The van der Waals surface area contributed by atoms with Crippen molar-refractivity contribution in [2.75, 3.05) is 36.4 Å². The van der Waals surface area contributed by atoms with Gasteiger partial charge in [-0.05, 0) is 24.6 Å². The Morgan fingerprint density at radius 2 is 1.73 bits per heavy atom. The number of aromatic nitrogens is 2. The zero-order chi connectivity index (χ0) is 15.2. The van der Waals surface area contributed by atoms with E-state index < -0.39 is 0 Å². The molecule has 0 atom stereocenters. The van der Waals surface area contributed by atoms with Crippen molar-refractivity contribution in [2.45, 2.75) is 6.42 Å². The van der Waals surface area contributed by atoms with Gasteiger partial charge in [-0.3, -0.25) is 0 Å². The summed E-state index contributed by atoms with van der Waals surface area (Å²) in [5, 5.41) is 2.93. The molecule has 1 aromatic carbocycles. The maximum Gasteiger partial charge on any atom is 0.321 e. The summed E-state index contributed by atoms with van der Waals surface area (Å²) in [6.07, 6.45) is 4.39. The number of rotatable bonds is 2. The first-order valence-electron chi connectivity index (χ1n) is 7.46. The number of carbonyl (C=O) groups is 1. The molecule has 22 heavy (non-hydrogen) atoms. The van der Waals surface area contributed by atoms with E-state index in [0.717, 1.165) is 37.7 Å². The minimum atomic E-state index is -0.0537. The molecular weight excluding hydrogens is 278 g/mol. The van der Waals surface area contributed by atoms with Gasteiger partial charge in [0.15, 0.2) is 0 Å². The number of nitrogens with one attached hydrogen (secondary N) is 1. The van der Waals surface area contributed by atoms with E-state index in [1.165, 1.54) is 0 Å². The van der Waals surface area contributed by atoms with E-state index in [2.05, 4.69) is 20.2 Å². The smallest absolute Gasteiger partial charge is 0.321 e. The third-order valence-electron chi connectivity index (χ3n) is 3.64. The lowest BCUT2D eigenvalue weighted by Crippen LogP contribution is -2.38. The molecule has 0 aliphatic carbocycles. The molecule has 1 saturated heterocycles. The highest BCUT2D eigenvalue weighted by atomic mass is 16.2. The van der Waals surface area contributed by atoms with Crippen LogP contribution in [0.15, 0.2) is 48.8 Å². The van der Waals surface area contributed by atoms with Crippen molar-refractivity contribution in [3.05, 3.63) is 48.8 Å². The molecule has 2 amide bonds. The highest BCUT2D eigenvalue weighted by Gasteiger charge is 2.20. The van der Waals surface area contributed by atoms with Crippen LogP contribution in [-0.2, 0) is 0 Å². The van der Waals surface area contributed by atoms with Crippen molar-refractivity contribution in [1.82, 2.24) is 14.9 Å². The van der Waals surface area contributed by atoms with Gasteiger partial charge in [0.1, 0.15) is 0 Å². The second-order valence-electron chi connectivity index (χ2n) is 5.17. The average Bonchev–Trinajstić information content (AvgIpc) is 2.83. The summed E-state index contributed by atoms with van der Waals surface area (Å²) in [6.45, 7) is 3.00. The highest BCUT2D eigenvalue weighted by molar-refractivity contribution is 5.89. The van der Waals surface area contributed by atoms with Gasteiger partial charge in [0.05, 0.1) is 0 Å². The summed E-state index contributed by atoms with van der Waals surface area (Å²) in [6, 6.07) is 11.3. The van der Waals surface area contributed by atoms with E-state index in [9.17, 15) is 4.79 Å². The Hall–Kier alpha value is -2.63. The predicted octanol–water partition coefficient (Wildman–Crippen LogP) is 2.22. The number of hydrogen-bond acceptors (Lipinski definition) is 4. The Labute approximate surface area is 129 Å². The molecule has 2 heterocycles. The van der Waals surface area contributed by atoms with E-state index in [-0.39, 0.29) is 6.03 Å². The zero-order valence-corrected chi connectivity index (χ0v) is 12.4. The SMILES string of the molecule is O=C(Nc1ccccc1)N1CCCN(c2ncccn2)CC1. The van der Waals surface area contributed by atoms with Crippen molar-refractivity contribution >= 4 is 17.7 Å². The van der Waals surface area contributed by atoms with Crippen LogP contribution in [0.3, 0.4) is 0 Å². The van der Waals surface area contributed by atoms with E-state index in [1.54, 1.807) is 18.5 Å². The summed E-state index contributed by atoms with van der Waals surface area (Å²) in [5.41, 5.74) is 0.819. The van der Waals surface area contributed by atoms with E-state index in [4.69, 9.17) is 0 Å². The summed E-state index contributed by atoms with van der Waals surface area (Å²) in [7, 11) is 0. The van der Waals surface area contributed by atoms with Crippen LogP contribution in [0.4, 0.5) is 16.4 Å². The number of para-hydroxylation sites is 1. The van der Waals surface area contributed by atoms with Gasteiger partial charge in [-0.15, -0.1) is 0 Å². The summed E-state index contributed by atoms with van der Waals surface area (Å²) in [5.74, 6) is 0.729. The molecular formula is C16H19N5O. The second kappa shape index (κ2) is 6.89. The van der Waals surface area contributed by atoms with Crippen LogP contribution in [0.5, 0.6) is 0 Å². The van der Waals surface area contributed by atoms with Gasteiger partial charge in [-0.25, -0.2) is 14.8 Å². The van der Waals surface area contributed by atoms with Crippen LogP contribution >= 0.6 is 0 Å². The van der Waals surface area contributed by atoms with Gasteiger partial charge in [0.2, 0.25) is 5.95 Å². The van der Waals surface area contributed by atoms with E-state index >= 15 is 0 Å². The second-order valence-corrected chi connectivity index (χ2v) is 5.17. The summed E-state index contributed by atoms with van der Waals surface area (Å²) >= 11 is 0. The van der Waals surface area contributed by atoms with Crippen LogP contribution < -0.4 is 10.2 Å². The quantitative estimate of drug-likeness (QED) is 0.923. The number of nitrogens with zero attached hydrogens (tertiary/aromatic N) is 4. The Kier molecular flexibility index (Phi) is 4.48. The number of urea groups is 1. The molecule has 0 spiro atoms. The topological polar surface area (TPSA) is 61.4 Å². The molecule has 0 unspecified atom stereocenters. The first-order valence-corrected chi connectivity index (χ1v) is 7.46. The first kappa shape index (κ1) is 14.3. The lowest BCUT2D eigenvalue weighted by Gasteiger charge is -2.22. The van der Waals surface area contributed by atoms with Crippen LogP contribution in [0, 0.1) is 0 Å². The highest BCUT2D eigenvalue weighted by Crippen LogP contribution is 2.12. The molecule has 1 fully saturated rings. The van der Waals surface area contributed by atoms with Gasteiger partial charge < -0.3 is 15.1 Å². The van der Waals surface area contributed by atoms with Crippen molar-refractivity contribution < 1.29 is 4.79 Å². The third-order valence-corrected chi connectivity index (χ3v) is 3.64. The number of carbonyl (C=O) groups excluding carboxylic acids is 1. The maximum absolute atomic E-state index is 12.3. The van der Waals surface area contributed by atoms with Gasteiger partial charge in [-0.2, -0.15) is 0 Å². The van der Waals surface area contributed by atoms with Crippen molar-refractivity contribution in [1.29, 1.82) is 0 Å². The lowest BCUT2D eigenvalue weighted by molar-refractivity contribution is 0.215. The number of hydrogen-bond donors (Lipinski definition) is 1. The zero-order valence-electron chi connectivity index (χ0n) is 12.4. The predicted molar refractivity (Wildman–Crippen MR) is 85.9 cm³/mol. The maximum atomic E-state index is 12.3. The number of amides is 2. The van der Waals surface area contributed by atoms with Crippen molar-refractivity contribution in [3.63, 3.8) is 0 Å². The van der Waals surface area contributed by atoms with E-state index in [1.807, 2.05) is 35.2 Å². The fourth-order valence-corrected chi connectivity index (χ4v) is 2.50. The van der Waals surface area contributed by atoms with Crippen molar-refractivity contribution in [2.24, 2.45) is 0 Å². The van der Waals surface area contributed by atoms with Gasteiger partial charge in [0, 0.05) is 44.3 Å². The van der Waals surface area contributed by atoms with Crippen molar-refractivity contribution in [3.8, 4) is 0 Å². The molecule has 1 aliphatic heterocycles. The molecule has 0 bridgehead atoms. The Morgan fingerprint density at radius 1 is 0.955 bits per heavy atom. The number of benzene rings is 1. The van der Waals surface area contributed by atoms with Crippen LogP contribution in [0.2, 0.25) is 0 Å². The molecule has 0 radical (unpaired) electrons. The average molecular weight is 297 g/mol. The Morgan fingerprint density at radius 3 is 2.50 bits per heavy atom. The largest absolute Gasteiger partial charge is 0.339 e. The molecule has 6 heteroatoms. The first-order chi connectivity index (χ1) is 10.8. The molecule has 1 aliphatic rings. The Balaban J connectivity index is 1.59. The number of anilines is 2. The standard InChI is InChI=1S/C16H19N5O/c22-16(19-14-6-2-1-3-7-14)21-11-5-10-20(12-13-21)15-17-8-4-9-18-15/h1-4,6-9H,5,10-13H2,(H,19,22). The molecule has 0 saturated carbocycles. The van der Waals surface area contributed by atoms with Gasteiger partial charge >= 0.3 is 6.03 Å². The molecule has 6 nitrogen and oxygen atoms in total.